The molecule has 23 heavy (non-hydrogen) atoms. The predicted molar refractivity (Wildman–Crippen MR) is 86.6 cm³/mol. The molecule has 0 spiro atoms. The van der Waals surface area contributed by atoms with Crippen molar-refractivity contribution in [1.29, 1.82) is 0 Å². The predicted octanol–water partition coefficient (Wildman–Crippen LogP) is 1.67. The van der Waals surface area contributed by atoms with Crippen LogP contribution in [0.4, 0.5) is 0 Å². The van der Waals surface area contributed by atoms with Crippen LogP contribution in [0.1, 0.15) is 33.1 Å². The number of esters is 1. The largest absolute Gasteiger partial charge is 0.461 e. The van der Waals surface area contributed by atoms with Crippen LogP contribution in [0, 0.1) is 0 Å². The van der Waals surface area contributed by atoms with Crippen LogP contribution in [0.25, 0.3) is 0 Å². The van der Waals surface area contributed by atoms with E-state index >= 15 is 0 Å². The monoisotopic (exact) mass is 352 g/mol. The van der Waals surface area contributed by atoms with Gasteiger partial charge in [0, 0.05) is 7.11 Å². The summed E-state index contributed by atoms with van der Waals surface area (Å²) >= 11 is 0. The molecule has 0 aliphatic carbocycles. The molecule has 2 unspecified atom stereocenters. The summed E-state index contributed by atoms with van der Waals surface area (Å²) in [5, 5.41) is 0. The van der Waals surface area contributed by atoms with Crippen molar-refractivity contribution in [2.24, 2.45) is 0 Å². The summed E-state index contributed by atoms with van der Waals surface area (Å²) in [5.41, 5.74) is 0. The molecule has 0 aliphatic rings. The van der Waals surface area contributed by atoms with Gasteiger partial charge in [-0.25, -0.2) is 4.79 Å². The molecule has 0 aromatic rings. The van der Waals surface area contributed by atoms with Gasteiger partial charge >= 0.3 is 5.97 Å². The number of hydrogen-bond acceptors (Lipinski definition) is 7. The highest BCUT2D eigenvalue weighted by atomic mass is 32.2. The van der Waals surface area contributed by atoms with E-state index in [0.717, 1.165) is 19.1 Å². The second-order valence-corrected chi connectivity index (χ2v) is 6.52. The molecule has 0 rings (SSSR count). The molecule has 0 N–H and O–H groups in total. The number of hydrogen-bond donors (Lipinski definition) is 0. The Kier molecular flexibility index (Phi) is 11.9. The zero-order valence-corrected chi connectivity index (χ0v) is 15.1. The Morgan fingerprint density at radius 3 is 2.39 bits per heavy atom. The molecular formula is C15H28O7S. The zero-order valence-electron chi connectivity index (χ0n) is 14.3. The first kappa shape index (κ1) is 22.0. The van der Waals surface area contributed by atoms with Crippen LogP contribution in [0.5, 0.6) is 0 Å². The van der Waals surface area contributed by atoms with Gasteiger partial charge in [-0.15, -0.1) is 0 Å². The van der Waals surface area contributed by atoms with E-state index in [1.54, 1.807) is 13.0 Å². The van der Waals surface area contributed by atoms with E-state index < -0.39 is 28.3 Å². The van der Waals surface area contributed by atoms with Crippen LogP contribution < -0.4 is 0 Å². The molecule has 0 bridgehead atoms. The number of ether oxygens (including phenoxy) is 3. The molecule has 0 aromatic heterocycles. The van der Waals surface area contributed by atoms with E-state index in [4.69, 9.17) is 18.4 Å². The van der Waals surface area contributed by atoms with Crippen LogP contribution in [0.2, 0.25) is 0 Å². The maximum absolute atomic E-state index is 12.1. The number of allylic oxidation sites excluding steroid dienone is 1. The van der Waals surface area contributed by atoms with Gasteiger partial charge in [-0.1, -0.05) is 32.4 Å². The van der Waals surface area contributed by atoms with Gasteiger partial charge in [0.15, 0.2) is 6.10 Å². The van der Waals surface area contributed by atoms with Crippen molar-refractivity contribution in [2.45, 2.75) is 45.3 Å². The molecule has 8 heteroatoms. The lowest BCUT2D eigenvalue weighted by Crippen LogP contribution is -2.41. The van der Waals surface area contributed by atoms with Crippen molar-refractivity contribution in [3.05, 3.63) is 12.2 Å². The fraction of sp³-hybridized carbons (Fsp3) is 0.800. The minimum atomic E-state index is -3.71. The maximum Gasteiger partial charge on any atom is 0.338 e. The van der Waals surface area contributed by atoms with Gasteiger partial charge in [-0.3, -0.25) is 4.18 Å². The highest BCUT2D eigenvalue weighted by Gasteiger charge is 2.32. The molecular weight excluding hydrogens is 324 g/mol. The second kappa shape index (κ2) is 12.5. The molecule has 0 saturated heterocycles. The summed E-state index contributed by atoms with van der Waals surface area (Å²) < 4.78 is 43.0. The molecule has 136 valence electrons. The van der Waals surface area contributed by atoms with Crippen LogP contribution in [-0.2, 0) is 33.3 Å². The minimum absolute atomic E-state index is 0.0657. The molecule has 0 aliphatic heterocycles. The van der Waals surface area contributed by atoms with Crippen molar-refractivity contribution in [2.75, 3.05) is 33.2 Å². The van der Waals surface area contributed by atoms with Crippen LogP contribution in [0.3, 0.4) is 0 Å². The van der Waals surface area contributed by atoms with Crippen molar-refractivity contribution in [3.63, 3.8) is 0 Å². The fourth-order valence-electron chi connectivity index (χ4n) is 1.70. The standard InChI is InChI=1S/C15H28O7S/c1-5-7-8-9-10-20-14(15(16)21-12-11-19-3)13(6-2)22-23(4,17)18/h8-9,13-14H,5-7,10-12H2,1-4H3/b9-8+. The third-order valence-electron chi connectivity index (χ3n) is 2.80. The van der Waals surface area contributed by atoms with Crippen LogP contribution in [-0.4, -0.2) is 59.8 Å². The normalized spacial score (nSPS) is 14.8. The second-order valence-electron chi connectivity index (χ2n) is 4.92. The minimum Gasteiger partial charge on any atom is -0.461 e. The van der Waals surface area contributed by atoms with Crippen molar-refractivity contribution in [3.8, 4) is 0 Å². The summed E-state index contributed by atoms with van der Waals surface area (Å²) in [6, 6.07) is 0. The van der Waals surface area contributed by atoms with E-state index in [1.807, 2.05) is 13.0 Å². The van der Waals surface area contributed by atoms with Gasteiger partial charge in [-0.05, 0) is 12.8 Å². The quantitative estimate of drug-likeness (QED) is 0.216. The highest BCUT2D eigenvalue weighted by molar-refractivity contribution is 7.86. The first-order valence-corrected chi connectivity index (χ1v) is 9.47. The Morgan fingerprint density at radius 1 is 1.17 bits per heavy atom. The van der Waals surface area contributed by atoms with E-state index in [2.05, 4.69) is 0 Å². The Bertz CT molecular complexity index is 445. The zero-order chi connectivity index (χ0) is 17.7. The topological polar surface area (TPSA) is 88.1 Å². The lowest BCUT2D eigenvalue weighted by Gasteiger charge is -2.23. The third-order valence-corrected chi connectivity index (χ3v) is 3.39. The third kappa shape index (κ3) is 11.2. The number of rotatable bonds is 13. The summed E-state index contributed by atoms with van der Waals surface area (Å²) in [7, 11) is -2.22. The first-order valence-electron chi connectivity index (χ1n) is 7.66. The average molecular weight is 352 g/mol. The molecule has 0 aromatic carbocycles. The summed E-state index contributed by atoms with van der Waals surface area (Å²) in [6.07, 6.45) is 4.81. The number of carbonyl (C=O) groups excluding carboxylic acids is 1. The molecule has 2 atom stereocenters. The molecule has 0 fully saturated rings. The molecule has 0 amide bonds. The van der Waals surface area contributed by atoms with E-state index in [-0.39, 0.29) is 26.2 Å². The highest BCUT2D eigenvalue weighted by Crippen LogP contribution is 2.13. The van der Waals surface area contributed by atoms with Gasteiger partial charge in [0.25, 0.3) is 10.1 Å². The van der Waals surface area contributed by atoms with Crippen LogP contribution >= 0.6 is 0 Å². The van der Waals surface area contributed by atoms with E-state index in [0.29, 0.717) is 0 Å². The van der Waals surface area contributed by atoms with Crippen molar-refractivity contribution >= 4 is 16.1 Å². The molecule has 0 radical (unpaired) electrons. The Hall–Kier alpha value is -0.960. The van der Waals surface area contributed by atoms with Gasteiger partial charge in [0.1, 0.15) is 12.7 Å². The summed E-state index contributed by atoms with van der Waals surface area (Å²) in [5.74, 6) is -0.665. The van der Waals surface area contributed by atoms with Crippen LogP contribution in [0.15, 0.2) is 12.2 Å². The number of carbonyl (C=O) groups is 1. The van der Waals surface area contributed by atoms with Crippen molar-refractivity contribution < 1.29 is 31.6 Å². The average Bonchev–Trinajstić information content (AvgIpc) is 2.48. The first-order chi connectivity index (χ1) is 10.9. The fourth-order valence-corrected chi connectivity index (χ4v) is 2.39. The molecule has 0 saturated carbocycles. The lowest BCUT2D eigenvalue weighted by molar-refractivity contribution is -0.163. The summed E-state index contributed by atoms with van der Waals surface area (Å²) in [4.78, 5) is 12.1. The smallest absolute Gasteiger partial charge is 0.338 e. The van der Waals surface area contributed by atoms with Gasteiger partial charge in [0.05, 0.1) is 19.5 Å². The Balaban J connectivity index is 4.83. The number of unbranched alkanes of at least 4 members (excludes halogenated alkanes) is 1. The summed E-state index contributed by atoms with van der Waals surface area (Å²) in [6.45, 7) is 4.25. The molecule has 0 heterocycles. The van der Waals surface area contributed by atoms with Crippen molar-refractivity contribution in [1.82, 2.24) is 0 Å². The SMILES string of the molecule is CCC/C=C/COC(C(=O)OCCOC)C(CC)OS(C)(=O)=O. The van der Waals surface area contributed by atoms with E-state index in [1.165, 1.54) is 7.11 Å². The van der Waals surface area contributed by atoms with Gasteiger partial charge < -0.3 is 14.2 Å². The Labute approximate surface area is 139 Å². The lowest BCUT2D eigenvalue weighted by atomic mass is 10.1. The number of methoxy groups -OCH3 is 1. The van der Waals surface area contributed by atoms with Gasteiger partial charge in [0.2, 0.25) is 0 Å². The Morgan fingerprint density at radius 2 is 1.87 bits per heavy atom. The molecule has 7 nitrogen and oxygen atoms in total. The van der Waals surface area contributed by atoms with Gasteiger partial charge in [-0.2, -0.15) is 8.42 Å². The van der Waals surface area contributed by atoms with E-state index in [9.17, 15) is 13.2 Å². The maximum atomic E-state index is 12.1.